The normalized spacial score (nSPS) is 25.4. The average molecular weight is 786 g/mol. The van der Waals surface area contributed by atoms with Crippen LogP contribution in [0.25, 0.3) is 43.7 Å². The van der Waals surface area contributed by atoms with Gasteiger partial charge in [-0.3, -0.25) is 9.58 Å². The largest absolute Gasteiger partial charge is 0.508 e. The molecule has 2 saturated carbocycles. The van der Waals surface area contributed by atoms with Crippen LogP contribution < -0.4 is 9.64 Å². The molecule has 0 amide bonds. The first-order chi connectivity index (χ1) is 27.4. The first-order valence-corrected chi connectivity index (χ1v) is 19.9. The Hall–Kier alpha value is -4.71. The van der Waals surface area contributed by atoms with Crippen molar-refractivity contribution < 1.29 is 32.1 Å². The SMILES string of the molecule is C#Cc1c(F)ccc2cc(O)cc(-c3c(F)c4nc(OC[C@]5(CN(CC)CC)CC5(F)F)nc(N5C6CCC5CN(C5CC(COC)C5)C6)c4c4cn(C)nc34)c12. The van der Waals surface area contributed by atoms with Gasteiger partial charge in [-0.1, -0.05) is 25.8 Å². The number of aromatic nitrogens is 4. The van der Waals surface area contributed by atoms with Gasteiger partial charge in [-0.2, -0.15) is 15.1 Å². The molecule has 2 aliphatic heterocycles. The topological polar surface area (TPSA) is 92.0 Å². The van der Waals surface area contributed by atoms with Crippen molar-refractivity contribution in [3.8, 4) is 35.2 Å². The number of ether oxygens (including phenoxy) is 2. The number of terminal acetylenes is 1. The first-order valence-electron chi connectivity index (χ1n) is 19.9. The summed E-state index contributed by atoms with van der Waals surface area (Å²) in [4.78, 5) is 16.4. The molecule has 4 fully saturated rings. The van der Waals surface area contributed by atoms with Crippen LogP contribution in [0.3, 0.4) is 0 Å². The third-order valence-electron chi connectivity index (χ3n) is 13.1. The monoisotopic (exact) mass is 785 g/mol. The fourth-order valence-corrected chi connectivity index (χ4v) is 9.96. The van der Waals surface area contributed by atoms with E-state index in [-0.39, 0.29) is 76.5 Å². The Morgan fingerprint density at radius 2 is 1.74 bits per heavy atom. The molecule has 5 aromatic rings. The van der Waals surface area contributed by atoms with E-state index in [2.05, 4.69) is 20.7 Å². The second-order valence-corrected chi connectivity index (χ2v) is 16.6. The second-order valence-electron chi connectivity index (χ2n) is 16.6. The van der Waals surface area contributed by atoms with Gasteiger partial charge < -0.3 is 24.4 Å². The maximum Gasteiger partial charge on any atom is 0.319 e. The number of phenolic OH excluding ortho intramolecular Hbond substituents is 1. The molecule has 3 atom stereocenters. The number of nitrogens with zero attached hydrogens (tertiary/aromatic N) is 7. The lowest BCUT2D eigenvalue weighted by molar-refractivity contribution is 0.0197. The smallest absolute Gasteiger partial charge is 0.319 e. The highest BCUT2D eigenvalue weighted by Crippen LogP contribution is 2.61. The predicted molar refractivity (Wildman–Crippen MR) is 211 cm³/mol. The highest BCUT2D eigenvalue weighted by Gasteiger charge is 2.72. The van der Waals surface area contributed by atoms with E-state index >= 15 is 17.6 Å². The van der Waals surface area contributed by atoms with E-state index in [0.29, 0.717) is 47.0 Å². The molecule has 2 saturated heterocycles. The summed E-state index contributed by atoms with van der Waals surface area (Å²) in [7, 11) is 3.46. The molecule has 2 bridgehead atoms. The fraction of sp³-hybridized carbons (Fsp3) is 0.512. The van der Waals surface area contributed by atoms with Crippen LogP contribution >= 0.6 is 0 Å². The number of alkyl halides is 2. The zero-order valence-corrected chi connectivity index (χ0v) is 32.7. The number of halogens is 4. The Morgan fingerprint density at radius 3 is 2.39 bits per heavy atom. The zero-order valence-electron chi connectivity index (χ0n) is 32.7. The van der Waals surface area contributed by atoms with Gasteiger partial charge in [-0.25, -0.2) is 17.6 Å². The standard InChI is InChI=1S/C43H47F4N7O3/c1-6-30-33(44)12-9-25-15-29(55)16-31(34(25)30)35-37(45)39-36(32-19-51(4)50-38(32)35)40(49-41(48-39)57-23-42(21-43(42,46)47)22-52(7-2)8-3)54-26-10-11-27(54)18-53(17-26)28-13-24(14-28)20-56-5/h1,9,12,15-16,19,24,26-28,55H,7-8,10-11,13-14,17-18,20-23H2,2-5H3/t24?,26?,27?,28?,42-/m1/s1. The molecule has 10 nitrogen and oxygen atoms in total. The number of fused-ring (bicyclic) bond motifs is 6. The molecule has 14 heteroatoms. The van der Waals surface area contributed by atoms with Gasteiger partial charge in [0.05, 0.1) is 16.4 Å². The van der Waals surface area contributed by atoms with Crippen molar-refractivity contribution >= 4 is 38.4 Å². The third-order valence-corrected chi connectivity index (χ3v) is 13.1. The van der Waals surface area contributed by atoms with Gasteiger partial charge >= 0.3 is 6.01 Å². The second kappa shape index (κ2) is 14.0. The summed E-state index contributed by atoms with van der Waals surface area (Å²) in [6, 6.07) is 5.87. The zero-order chi connectivity index (χ0) is 40.0. The van der Waals surface area contributed by atoms with Crippen LogP contribution in [0.1, 0.15) is 51.5 Å². The lowest BCUT2D eigenvalue weighted by atomic mass is 9.79. The van der Waals surface area contributed by atoms with Crippen LogP contribution in [0.4, 0.5) is 23.4 Å². The van der Waals surface area contributed by atoms with Gasteiger partial charge in [0, 0.05) is 87.5 Å². The Balaban J connectivity index is 1.22. The van der Waals surface area contributed by atoms with E-state index in [0.717, 1.165) is 45.4 Å². The molecule has 3 aromatic carbocycles. The van der Waals surface area contributed by atoms with Crippen molar-refractivity contribution in [3.63, 3.8) is 0 Å². The molecule has 4 aliphatic rings. The minimum atomic E-state index is -2.94. The number of phenols is 1. The maximum atomic E-state index is 17.8. The van der Waals surface area contributed by atoms with E-state index in [9.17, 15) is 5.11 Å². The number of hydrogen-bond acceptors (Lipinski definition) is 9. The van der Waals surface area contributed by atoms with Crippen molar-refractivity contribution in [1.82, 2.24) is 29.5 Å². The first kappa shape index (κ1) is 37.8. The number of aromatic hydroxyl groups is 1. The van der Waals surface area contributed by atoms with E-state index in [1.807, 2.05) is 18.7 Å². The summed E-state index contributed by atoms with van der Waals surface area (Å²) < 4.78 is 76.6. The minimum absolute atomic E-state index is 0.0354. The van der Waals surface area contributed by atoms with Gasteiger partial charge in [-0.05, 0) is 73.8 Å². The summed E-state index contributed by atoms with van der Waals surface area (Å²) in [5.41, 5.74) is -1.26. The highest BCUT2D eigenvalue weighted by atomic mass is 19.3. The highest BCUT2D eigenvalue weighted by molar-refractivity contribution is 6.18. The molecule has 2 aromatic heterocycles. The summed E-state index contributed by atoms with van der Waals surface area (Å²) in [6.45, 7) is 7.23. The molecule has 2 unspecified atom stereocenters. The molecule has 1 N–H and O–H groups in total. The lowest BCUT2D eigenvalue weighted by Crippen LogP contribution is -2.59. The van der Waals surface area contributed by atoms with Crippen LogP contribution in [0.15, 0.2) is 30.5 Å². The number of benzene rings is 3. The van der Waals surface area contributed by atoms with Crippen LogP contribution in [-0.4, -0.2) is 112 Å². The van der Waals surface area contributed by atoms with Crippen LogP contribution in [0.5, 0.6) is 11.8 Å². The third kappa shape index (κ3) is 6.15. The van der Waals surface area contributed by atoms with Crippen molar-refractivity contribution in [3.05, 3.63) is 47.7 Å². The Labute approximate surface area is 328 Å². The van der Waals surface area contributed by atoms with Crippen LogP contribution in [0, 0.1) is 35.3 Å². The molecule has 2 aliphatic carbocycles. The quantitative estimate of drug-likeness (QED) is 0.105. The van der Waals surface area contributed by atoms with E-state index in [4.69, 9.17) is 26.0 Å². The van der Waals surface area contributed by atoms with Gasteiger partial charge in [0.2, 0.25) is 0 Å². The number of rotatable bonds is 12. The molecule has 57 heavy (non-hydrogen) atoms. The number of anilines is 1. The summed E-state index contributed by atoms with van der Waals surface area (Å²) in [6.07, 6.45) is 11.2. The average Bonchev–Trinajstić information content (AvgIpc) is 3.34. The van der Waals surface area contributed by atoms with Crippen molar-refractivity contribution in [1.29, 1.82) is 0 Å². The molecule has 0 spiro atoms. The number of aryl methyl sites for hydroxylation is 1. The fourth-order valence-electron chi connectivity index (χ4n) is 9.96. The van der Waals surface area contributed by atoms with Gasteiger partial charge in [0.1, 0.15) is 35.0 Å². The van der Waals surface area contributed by atoms with E-state index in [1.54, 1.807) is 25.0 Å². The minimum Gasteiger partial charge on any atom is -0.508 e. The number of hydrogen-bond donors (Lipinski definition) is 1. The maximum absolute atomic E-state index is 17.8. The summed E-state index contributed by atoms with van der Waals surface area (Å²) in [5.74, 6) is -1.15. The van der Waals surface area contributed by atoms with Gasteiger partial charge in [0.15, 0.2) is 5.82 Å². The van der Waals surface area contributed by atoms with Crippen molar-refractivity contribution in [2.45, 2.75) is 70.0 Å². The Kier molecular flexibility index (Phi) is 9.29. The summed E-state index contributed by atoms with van der Waals surface area (Å²) >= 11 is 0. The van der Waals surface area contributed by atoms with Crippen LogP contribution in [0.2, 0.25) is 0 Å². The van der Waals surface area contributed by atoms with Gasteiger partial charge in [0.25, 0.3) is 5.92 Å². The van der Waals surface area contributed by atoms with Crippen molar-refractivity contribution in [2.75, 3.05) is 57.9 Å². The van der Waals surface area contributed by atoms with Crippen molar-refractivity contribution in [2.24, 2.45) is 18.4 Å². The van der Waals surface area contributed by atoms with Gasteiger partial charge in [-0.15, -0.1) is 6.42 Å². The number of piperazine rings is 1. The Bertz CT molecular complexity index is 2430. The molecule has 9 rings (SSSR count). The molecular formula is C43H47F4N7O3. The molecular weight excluding hydrogens is 739 g/mol. The molecule has 4 heterocycles. The van der Waals surface area contributed by atoms with E-state index in [1.165, 1.54) is 24.3 Å². The summed E-state index contributed by atoms with van der Waals surface area (Å²) in [5, 5.41) is 17.2. The Morgan fingerprint density at radius 1 is 1.02 bits per heavy atom. The molecule has 0 radical (unpaired) electrons. The number of likely N-dealkylation sites (tertiary alicyclic amines) is 1. The lowest BCUT2D eigenvalue weighted by Gasteiger charge is -2.49. The molecule has 300 valence electrons. The van der Waals surface area contributed by atoms with Crippen LogP contribution in [-0.2, 0) is 11.8 Å². The predicted octanol–water partition coefficient (Wildman–Crippen LogP) is 7.13. The number of methoxy groups -OCH3 is 1. The van der Waals surface area contributed by atoms with E-state index < -0.39 is 23.0 Å².